The molecular weight excluding hydrogens is 250 g/mol. The van der Waals surface area contributed by atoms with Crippen LogP contribution in [0.4, 0.5) is 0 Å². The molecular formula is C16H21N3O. The van der Waals surface area contributed by atoms with Crippen LogP contribution in [0.25, 0.3) is 0 Å². The summed E-state index contributed by atoms with van der Waals surface area (Å²) in [5.41, 5.74) is 2.47. The van der Waals surface area contributed by atoms with Crippen molar-refractivity contribution in [3.8, 4) is 0 Å². The molecule has 0 spiro atoms. The quantitative estimate of drug-likeness (QED) is 0.854. The first-order valence-corrected chi connectivity index (χ1v) is 7.19. The van der Waals surface area contributed by atoms with Crippen molar-refractivity contribution in [1.29, 1.82) is 0 Å². The summed E-state index contributed by atoms with van der Waals surface area (Å²) in [6, 6.07) is 10.7. The number of aryl methyl sites for hydroxylation is 1. The van der Waals surface area contributed by atoms with Gasteiger partial charge in [0.2, 0.25) is 0 Å². The van der Waals surface area contributed by atoms with Crippen molar-refractivity contribution in [3.63, 3.8) is 0 Å². The molecule has 0 atom stereocenters. The molecule has 106 valence electrons. The van der Waals surface area contributed by atoms with E-state index in [1.54, 1.807) is 0 Å². The van der Waals surface area contributed by atoms with Gasteiger partial charge in [-0.2, -0.15) is 0 Å². The zero-order valence-corrected chi connectivity index (χ0v) is 12.0. The maximum atomic E-state index is 5.26. The van der Waals surface area contributed by atoms with Crippen LogP contribution >= 0.6 is 0 Å². The van der Waals surface area contributed by atoms with Gasteiger partial charge in [-0.3, -0.25) is 9.80 Å². The monoisotopic (exact) mass is 271 g/mol. The Morgan fingerprint density at radius 3 is 2.25 bits per heavy atom. The molecule has 0 unspecified atom stereocenters. The van der Waals surface area contributed by atoms with E-state index < -0.39 is 0 Å². The van der Waals surface area contributed by atoms with Gasteiger partial charge in [-0.1, -0.05) is 30.3 Å². The first kappa shape index (κ1) is 13.3. The summed E-state index contributed by atoms with van der Waals surface area (Å²) < 4.78 is 5.26. The van der Waals surface area contributed by atoms with E-state index in [9.17, 15) is 0 Å². The number of nitrogens with zero attached hydrogens (tertiary/aromatic N) is 3. The highest BCUT2D eigenvalue weighted by Crippen LogP contribution is 2.12. The Morgan fingerprint density at radius 2 is 1.65 bits per heavy atom. The summed E-state index contributed by atoms with van der Waals surface area (Å²) in [7, 11) is 0. The lowest BCUT2D eigenvalue weighted by Gasteiger charge is -2.34. The summed E-state index contributed by atoms with van der Waals surface area (Å²) in [4.78, 5) is 9.24. The number of benzene rings is 1. The topological polar surface area (TPSA) is 32.5 Å². The fraction of sp³-hybridized carbons (Fsp3) is 0.438. The molecule has 0 aliphatic carbocycles. The summed E-state index contributed by atoms with van der Waals surface area (Å²) in [6.07, 6.45) is 1.54. The molecule has 1 aliphatic rings. The van der Waals surface area contributed by atoms with Crippen molar-refractivity contribution < 1.29 is 4.42 Å². The van der Waals surface area contributed by atoms with Gasteiger partial charge in [-0.15, -0.1) is 0 Å². The van der Waals surface area contributed by atoms with E-state index in [4.69, 9.17) is 4.42 Å². The van der Waals surface area contributed by atoms with Gasteiger partial charge in [-0.05, 0) is 12.5 Å². The third-order valence-electron chi connectivity index (χ3n) is 3.93. The Kier molecular flexibility index (Phi) is 4.14. The predicted molar refractivity (Wildman–Crippen MR) is 78.2 cm³/mol. The fourth-order valence-corrected chi connectivity index (χ4v) is 2.64. The molecule has 2 heterocycles. The van der Waals surface area contributed by atoms with E-state index in [1.807, 2.05) is 6.92 Å². The lowest BCUT2D eigenvalue weighted by Crippen LogP contribution is -2.45. The summed E-state index contributed by atoms with van der Waals surface area (Å²) >= 11 is 0. The Balaban J connectivity index is 1.49. The molecule has 2 aromatic rings. The van der Waals surface area contributed by atoms with E-state index in [0.717, 1.165) is 50.7 Å². The zero-order chi connectivity index (χ0) is 13.8. The third kappa shape index (κ3) is 3.26. The van der Waals surface area contributed by atoms with E-state index in [0.29, 0.717) is 0 Å². The van der Waals surface area contributed by atoms with E-state index >= 15 is 0 Å². The van der Waals surface area contributed by atoms with Crippen molar-refractivity contribution in [2.45, 2.75) is 20.0 Å². The second kappa shape index (κ2) is 6.20. The summed E-state index contributed by atoms with van der Waals surface area (Å²) in [5, 5.41) is 0. The van der Waals surface area contributed by atoms with Gasteiger partial charge in [0.05, 0.1) is 5.69 Å². The van der Waals surface area contributed by atoms with Gasteiger partial charge < -0.3 is 4.42 Å². The van der Waals surface area contributed by atoms with Crippen LogP contribution < -0.4 is 0 Å². The van der Waals surface area contributed by atoms with Gasteiger partial charge >= 0.3 is 0 Å². The molecule has 0 radical (unpaired) electrons. The zero-order valence-electron chi connectivity index (χ0n) is 12.0. The number of piperazine rings is 1. The third-order valence-corrected chi connectivity index (χ3v) is 3.93. The Morgan fingerprint density at radius 1 is 1.00 bits per heavy atom. The van der Waals surface area contributed by atoms with Crippen LogP contribution in [0.2, 0.25) is 0 Å². The van der Waals surface area contributed by atoms with E-state index in [-0.39, 0.29) is 0 Å². The number of oxazole rings is 1. The largest absolute Gasteiger partial charge is 0.448 e. The van der Waals surface area contributed by atoms with Crippen molar-refractivity contribution in [2.75, 3.05) is 26.2 Å². The maximum absolute atomic E-state index is 5.26. The van der Waals surface area contributed by atoms with Gasteiger partial charge in [0.1, 0.15) is 5.76 Å². The second-order valence-corrected chi connectivity index (χ2v) is 5.39. The summed E-state index contributed by atoms with van der Waals surface area (Å²) in [5.74, 6) is 0.941. The van der Waals surface area contributed by atoms with E-state index in [1.165, 1.54) is 12.0 Å². The van der Waals surface area contributed by atoms with Gasteiger partial charge in [-0.25, -0.2) is 4.98 Å². The highest BCUT2D eigenvalue weighted by atomic mass is 16.3. The Bertz CT molecular complexity index is 530. The molecule has 1 fully saturated rings. The SMILES string of the molecule is Cc1ocnc1CN1CCN(Cc2ccccc2)CC1. The first-order chi connectivity index (χ1) is 9.81. The van der Waals surface area contributed by atoms with Crippen molar-refractivity contribution in [2.24, 2.45) is 0 Å². The van der Waals surface area contributed by atoms with Crippen LogP contribution in [0.3, 0.4) is 0 Å². The molecule has 1 aromatic carbocycles. The van der Waals surface area contributed by atoms with Gasteiger partial charge in [0.25, 0.3) is 0 Å². The highest BCUT2D eigenvalue weighted by Gasteiger charge is 2.18. The molecule has 20 heavy (non-hydrogen) atoms. The molecule has 0 bridgehead atoms. The molecule has 0 saturated carbocycles. The van der Waals surface area contributed by atoms with Crippen LogP contribution in [0, 0.1) is 6.92 Å². The minimum atomic E-state index is 0.904. The average Bonchev–Trinajstić information content (AvgIpc) is 2.88. The smallest absolute Gasteiger partial charge is 0.181 e. The maximum Gasteiger partial charge on any atom is 0.181 e. The average molecular weight is 271 g/mol. The number of hydrogen-bond acceptors (Lipinski definition) is 4. The second-order valence-electron chi connectivity index (χ2n) is 5.39. The van der Waals surface area contributed by atoms with Crippen LogP contribution in [0.5, 0.6) is 0 Å². The molecule has 1 aromatic heterocycles. The van der Waals surface area contributed by atoms with Crippen molar-refractivity contribution >= 4 is 0 Å². The lowest BCUT2D eigenvalue weighted by atomic mass is 10.2. The van der Waals surface area contributed by atoms with Crippen molar-refractivity contribution in [1.82, 2.24) is 14.8 Å². The van der Waals surface area contributed by atoms with Crippen LogP contribution in [-0.2, 0) is 13.1 Å². The van der Waals surface area contributed by atoms with Gasteiger partial charge in [0.15, 0.2) is 6.39 Å². The minimum Gasteiger partial charge on any atom is -0.448 e. The molecule has 4 nitrogen and oxygen atoms in total. The number of aromatic nitrogens is 1. The standard InChI is InChI=1S/C16H21N3O/c1-14-16(17-13-20-14)12-19-9-7-18(8-10-19)11-15-5-3-2-4-6-15/h2-6,13H,7-12H2,1H3. The molecule has 3 rings (SSSR count). The molecule has 4 heteroatoms. The minimum absolute atomic E-state index is 0.904. The van der Waals surface area contributed by atoms with Crippen LogP contribution in [0.15, 0.2) is 41.1 Å². The number of rotatable bonds is 4. The first-order valence-electron chi connectivity index (χ1n) is 7.19. The molecule has 0 N–H and O–H groups in total. The Hall–Kier alpha value is -1.65. The number of hydrogen-bond donors (Lipinski definition) is 0. The van der Waals surface area contributed by atoms with Crippen LogP contribution in [-0.4, -0.2) is 41.0 Å². The summed E-state index contributed by atoms with van der Waals surface area (Å²) in [6.45, 7) is 8.36. The van der Waals surface area contributed by atoms with E-state index in [2.05, 4.69) is 45.1 Å². The van der Waals surface area contributed by atoms with Crippen molar-refractivity contribution in [3.05, 3.63) is 53.7 Å². The molecule has 0 amide bonds. The lowest BCUT2D eigenvalue weighted by molar-refractivity contribution is 0.121. The predicted octanol–water partition coefficient (Wildman–Crippen LogP) is 2.30. The normalized spacial score (nSPS) is 17.4. The fourth-order valence-electron chi connectivity index (χ4n) is 2.64. The molecule has 1 saturated heterocycles. The highest BCUT2D eigenvalue weighted by molar-refractivity contribution is 5.14. The van der Waals surface area contributed by atoms with Crippen LogP contribution in [0.1, 0.15) is 17.0 Å². The van der Waals surface area contributed by atoms with Gasteiger partial charge in [0, 0.05) is 39.3 Å². The molecule has 1 aliphatic heterocycles. The Labute approximate surface area is 120 Å².